The number of nitrogens with zero attached hydrogens (tertiary/aromatic N) is 4. The van der Waals surface area contributed by atoms with Crippen molar-refractivity contribution in [1.29, 1.82) is 0 Å². The summed E-state index contributed by atoms with van der Waals surface area (Å²) < 4.78 is 0. The van der Waals surface area contributed by atoms with Crippen molar-refractivity contribution < 1.29 is 59.4 Å². The summed E-state index contributed by atoms with van der Waals surface area (Å²) in [5.74, 6) is -6.41. The smallest absolute Gasteiger partial charge is 0.328 e. The summed E-state index contributed by atoms with van der Waals surface area (Å²) in [6.07, 6.45) is 12.1. The summed E-state index contributed by atoms with van der Waals surface area (Å²) in [7, 11) is 0. The zero-order valence-electron chi connectivity index (χ0n) is 26.3. The number of hydrogen-bond acceptors (Lipinski definition) is 10. The summed E-state index contributed by atoms with van der Waals surface area (Å²) in [6.45, 7) is 10.8. The third kappa shape index (κ3) is 23.9. The molecule has 0 bridgehead atoms. The Morgan fingerprint density at radius 1 is 0.638 bits per heavy atom. The molecule has 3 heterocycles. The van der Waals surface area contributed by atoms with Gasteiger partial charge in [-0.3, -0.25) is 4.90 Å². The number of aromatic nitrogens is 1. The molecule has 16 heteroatoms. The number of anilines is 1. The molecule has 6 N–H and O–H groups in total. The van der Waals surface area contributed by atoms with Crippen LogP contribution in [0.5, 0.6) is 0 Å². The van der Waals surface area contributed by atoms with Crippen LogP contribution >= 0.6 is 0 Å². The van der Waals surface area contributed by atoms with Gasteiger partial charge in [0.05, 0.1) is 0 Å². The van der Waals surface area contributed by atoms with Crippen LogP contribution in [0.2, 0.25) is 0 Å². The molecule has 1 unspecified atom stereocenters. The largest absolute Gasteiger partial charge is 0.478 e. The fourth-order valence-corrected chi connectivity index (χ4v) is 4.40. The van der Waals surface area contributed by atoms with Crippen molar-refractivity contribution in [1.82, 2.24) is 14.8 Å². The summed E-state index contributed by atoms with van der Waals surface area (Å²) in [5.41, 5.74) is 0. The minimum absolute atomic E-state index is 0.558. The number of piperazine rings is 1. The van der Waals surface area contributed by atoms with Gasteiger partial charge in [-0.1, -0.05) is 25.8 Å². The van der Waals surface area contributed by atoms with Crippen LogP contribution in [0.25, 0.3) is 0 Å². The predicted octanol–water partition coefficient (Wildman–Crippen LogP) is 1.99. The number of carbonyl (C=O) groups is 6. The molecule has 2 saturated heterocycles. The van der Waals surface area contributed by atoms with Gasteiger partial charge in [-0.25, -0.2) is 33.8 Å². The molecule has 16 nitrogen and oxygen atoms in total. The topological polar surface area (TPSA) is 246 Å². The van der Waals surface area contributed by atoms with E-state index in [1.165, 1.54) is 64.8 Å². The molecule has 0 radical (unpaired) electrons. The second kappa shape index (κ2) is 25.1. The Morgan fingerprint density at radius 2 is 1.04 bits per heavy atom. The monoisotopic (exact) mass is 664 g/mol. The maximum absolute atomic E-state index is 9.55. The molecular weight excluding hydrogens is 620 g/mol. The van der Waals surface area contributed by atoms with E-state index in [2.05, 4.69) is 38.7 Å². The summed E-state index contributed by atoms with van der Waals surface area (Å²) in [5, 5.41) is 46.9. The van der Waals surface area contributed by atoms with E-state index in [1.807, 2.05) is 12.3 Å². The first-order valence-electron chi connectivity index (χ1n) is 14.8. The number of aliphatic carboxylic acids is 6. The quantitative estimate of drug-likeness (QED) is 0.185. The van der Waals surface area contributed by atoms with Crippen LogP contribution in [-0.2, 0) is 28.8 Å². The third-order valence-corrected chi connectivity index (χ3v) is 6.55. The highest BCUT2D eigenvalue weighted by Crippen LogP contribution is 2.17. The summed E-state index contributed by atoms with van der Waals surface area (Å²) in [6, 6.07) is 6.93. The molecule has 2 aliphatic heterocycles. The van der Waals surface area contributed by atoms with Crippen LogP contribution in [0.1, 0.15) is 39.0 Å². The van der Waals surface area contributed by atoms with E-state index in [9.17, 15) is 28.8 Å². The van der Waals surface area contributed by atoms with Crippen molar-refractivity contribution in [3.8, 4) is 0 Å². The second-order valence-electron chi connectivity index (χ2n) is 10.0. The van der Waals surface area contributed by atoms with Crippen LogP contribution in [0.15, 0.2) is 60.9 Å². The molecule has 0 aromatic carbocycles. The van der Waals surface area contributed by atoms with E-state index in [0.717, 1.165) is 24.9 Å². The maximum Gasteiger partial charge on any atom is 0.328 e. The van der Waals surface area contributed by atoms with Gasteiger partial charge >= 0.3 is 35.8 Å². The van der Waals surface area contributed by atoms with Gasteiger partial charge < -0.3 is 40.4 Å². The first-order chi connectivity index (χ1) is 22.2. The van der Waals surface area contributed by atoms with Crippen LogP contribution in [-0.4, -0.2) is 133 Å². The van der Waals surface area contributed by atoms with Crippen molar-refractivity contribution in [2.75, 3.05) is 50.7 Å². The van der Waals surface area contributed by atoms with Gasteiger partial charge in [-0.15, -0.1) is 0 Å². The minimum atomic E-state index is -1.26. The van der Waals surface area contributed by atoms with E-state index in [0.29, 0.717) is 36.5 Å². The van der Waals surface area contributed by atoms with Gasteiger partial charge in [0.15, 0.2) is 0 Å². The Labute approximate surface area is 272 Å². The van der Waals surface area contributed by atoms with Gasteiger partial charge in [0.1, 0.15) is 5.82 Å². The molecule has 0 amide bonds. The van der Waals surface area contributed by atoms with E-state index in [1.54, 1.807) is 0 Å². The van der Waals surface area contributed by atoms with Crippen LogP contribution in [0.3, 0.4) is 0 Å². The van der Waals surface area contributed by atoms with Crippen molar-refractivity contribution in [2.24, 2.45) is 0 Å². The Balaban J connectivity index is 0.000000727. The fourth-order valence-electron chi connectivity index (χ4n) is 4.40. The molecule has 2 aliphatic rings. The van der Waals surface area contributed by atoms with Gasteiger partial charge in [-0.05, 0) is 44.5 Å². The lowest BCUT2D eigenvalue weighted by molar-refractivity contribution is -0.134. The number of carboxylic acid groups (broad SMARTS) is 6. The van der Waals surface area contributed by atoms with Gasteiger partial charge in [0.2, 0.25) is 0 Å². The first-order valence-corrected chi connectivity index (χ1v) is 14.8. The zero-order chi connectivity index (χ0) is 35.6. The lowest BCUT2D eigenvalue weighted by atomic mass is 10.1. The molecular formula is C31H44N4O12. The number of likely N-dealkylation sites (tertiary alicyclic amines) is 1. The molecule has 47 heavy (non-hydrogen) atoms. The lowest BCUT2D eigenvalue weighted by Crippen LogP contribution is -2.53. The van der Waals surface area contributed by atoms with E-state index in [-0.39, 0.29) is 0 Å². The number of rotatable bonds is 11. The summed E-state index contributed by atoms with van der Waals surface area (Å²) >= 11 is 0. The predicted molar refractivity (Wildman–Crippen MR) is 170 cm³/mol. The van der Waals surface area contributed by atoms with Crippen molar-refractivity contribution in [2.45, 2.75) is 45.1 Å². The van der Waals surface area contributed by atoms with E-state index in [4.69, 9.17) is 30.6 Å². The van der Waals surface area contributed by atoms with Crippen LogP contribution in [0, 0.1) is 0 Å². The van der Waals surface area contributed by atoms with Gasteiger partial charge in [0, 0.05) is 81.4 Å². The second-order valence-corrected chi connectivity index (χ2v) is 10.0. The Kier molecular flexibility index (Phi) is 22.4. The molecule has 260 valence electrons. The van der Waals surface area contributed by atoms with Crippen LogP contribution in [0.4, 0.5) is 5.82 Å². The number of carboxylic acids is 6. The highest BCUT2D eigenvalue weighted by molar-refractivity contribution is 5.90. The van der Waals surface area contributed by atoms with Crippen molar-refractivity contribution in [3.63, 3.8) is 0 Å². The standard InChI is InChI=1S/C19H32N4.3C4H4O4/c1-2-18(17-21-11-7-3-4-8-12-21)22-13-15-23(16-14-22)19-9-5-6-10-20-19;3*5-3(6)1-2-4(7)8/h5-6,9-10,18H,2-4,7-8,11-17H2,1H3;3*1-2H,(H,5,6)(H,7,8)/b;3*2-1-. The Hall–Kier alpha value is -5.09. The van der Waals surface area contributed by atoms with Gasteiger partial charge in [0.25, 0.3) is 0 Å². The highest BCUT2D eigenvalue weighted by Gasteiger charge is 2.25. The molecule has 1 aromatic heterocycles. The lowest BCUT2D eigenvalue weighted by Gasteiger charge is -2.41. The van der Waals surface area contributed by atoms with Crippen LogP contribution < -0.4 is 4.90 Å². The molecule has 0 aliphatic carbocycles. The maximum atomic E-state index is 9.55. The Bertz CT molecular complexity index is 1080. The Morgan fingerprint density at radius 3 is 1.36 bits per heavy atom. The van der Waals surface area contributed by atoms with Crippen molar-refractivity contribution in [3.05, 3.63) is 60.9 Å². The van der Waals surface area contributed by atoms with E-state index < -0.39 is 35.8 Å². The number of pyridine rings is 1. The third-order valence-electron chi connectivity index (χ3n) is 6.55. The molecule has 1 atom stereocenters. The average Bonchev–Trinajstić information content (AvgIpc) is 3.31. The first kappa shape index (κ1) is 41.9. The fraction of sp³-hybridized carbons (Fsp3) is 0.452. The number of hydrogen-bond donors (Lipinski definition) is 6. The zero-order valence-corrected chi connectivity index (χ0v) is 26.3. The summed E-state index contributed by atoms with van der Waals surface area (Å²) in [4.78, 5) is 69.7. The molecule has 1 aromatic rings. The minimum Gasteiger partial charge on any atom is -0.478 e. The molecule has 3 rings (SSSR count). The SMILES string of the molecule is CCC(CN1CCCCCC1)N1CCN(c2ccccn2)CC1.O=C(O)/C=C\C(=O)O.O=C(O)/C=C\C(=O)O.O=C(O)/C=C\C(=O)O. The van der Waals surface area contributed by atoms with Gasteiger partial charge in [-0.2, -0.15) is 0 Å². The molecule has 2 fully saturated rings. The van der Waals surface area contributed by atoms with E-state index >= 15 is 0 Å². The average molecular weight is 665 g/mol. The highest BCUT2D eigenvalue weighted by atomic mass is 16.4. The molecule has 0 spiro atoms. The van der Waals surface area contributed by atoms with Crippen molar-refractivity contribution >= 4 is 41.6 Å². The normalized spacial score (nSPS) is 16.0. The molecule has 0 saturated carbocycles.